The van der Waals surface area contributed by atoms with Crippen LogP contribution in [0.4, 0.5) is 0 Å². The highest BCUT2D eigenvalue weighted by Crippen LogP contribution is 2.35. The highest BCUT2D eigenvalue weighted by atomic mass is 32.1. The van der Waals surface area contributed by atoms with Crippen LogP contribution in [0.3, 0.4) is 0 Å². The summed E-state index contributed by atoms with van der Waals surface area (Å²) in [6.07, 6.45) is 2.29. The third-order valence-electron chi connectivity index (χ3n) is 5.05. The number of hydrogen-bond acceptors (Lipinski definition) is 7. The third-order valence-corrected chi connectivity index (χ3v) is 6.02. The van der Waals surface area contributed by atoms with Crippen LogP contribution in [0.25, 0.3) is 0 Å². The lowest BCUT2D eigenvalue weighted by molar-refractivity contribution is -0.134. The zero-order chi connectivity index (χ0) is 19.1. The van der Waals surface area contributed by atoms with Crippen LogP contribution in [-0.2, 0) is 17.9 Å². The minimum Gasteiger partial charge on any atom is -0.463 e. The number of aromatic nitrogens is 3. The van der Waals surface area contributed by atoms with Crippen molar-refractivity contribution in [2.45, 2.75) is 32.5 Å². The molecular weight excluding hydrogens is 376 g/mol. The Morgan fingerprint density at radius 3 is 3.04 bits per heavy atom. The summed E-state index contributed by atoms with van der Waals surface area (Å²) in [7, 11) is 0. The van der Waals surface area contributed by atoms with Gasteiger partial charge in [0.1, 0.15) is 23.1 Å². The van der Waals surface area contributed by atoms with Gasteiger partial charge in [-0.3, -0.25) is 9.69 Å². The van der Waals surface area contributed by atoms with Crippen molar-refractivity contribution in [1.29, 1.82) is 0 Å². The van der Waals surface area contributed by atoms with Crippen molar-refractivity contribution in [1.82, 2.24) is 24.7 Å². The third kappa shape index (κ3) is 3.16. The second-order valence-corrected chi connectivity index (χ2v) is 7.99. The number of rotatable bonds is 4. The molecule has 2 aliphatic rings. The highest BCUT2D eigenvalue weighted by Gasteiger charge is 2.35. The molecule has 5 heterocycles. The van der Waals surface area contributed by atoms with Crippen molar-refractivity contribution in [2.24, 2.45) is 5.10 Å². The van der Waals surface area contributed by atoms with Crippen LogP contribution in [-0.4, -0.2) is 49.4 Å². The van der Waals surface area contributed by atoms with E-state index in [0.717, 1.165) is 41.1 Å². The van der Waals surface area contributed by atoms with Gasteiger partial charge in [0.05, 0.1) is 31.9 Å². The number of nitrogens with zero attached hydrogens (tertiary/aromatic N) is 6. The Bertz CT molecular complexity index is 1010. The van der Waals surface area contributed by atoms with Gasteiger partial charge in [0.2, 0.25) is 0 Å². The molecule has 0 aliphatic carbocycles. The van der Waals surface area contributed by atoms with Crippen molar-refractivity contribution in [2.75, 3.05) is 13.1 Å². The molecule has 144 valence electrons. The summed E-state index contributed by atoms with van der Waals surface area (Å²) < 4.78 is 7.43. The lowest BCUT2D eigenvalue weighted by Gasteiger charge is -2.28. The molecule has 0 aromatic carbocycles. The summed E-state index contributed by atoms with van der Waals surface area (Å²) >= 11 is 1.65. The summed E-state index contributed by atoms with van der Waals surface area (Å²) in [6, 6.07) is 7.71. The number of carbonyl (C=O) groups is 1. The van der Waals surface area contributed by atoms with Gasteiger partial charge >= 0.3 is 0 Å². The molecule has 9 heteroatoms. The molecular formula is C19H20N6O2S. The van der Waals surface area contributed by atoms with Gasteiger partial charge < -0.3 is 4.42 Å². The molecule has 0 unspecified atom stereocenters. The van der Waals surface area contributed by atoms with Crippen molar-refractivity contribution < 1.29 is 9.21 Å². The van der Waals surface area contributed by atoms with Crippen LogP contribution in [0, 0.1) is 6.92 Å². The van der Waals surface area contributed by atoms with E-state index in [1.807, 2.05) is 35.2 Å². The number of hydrogen-bond donors (Lipinski definition) is 0. The number of carbonyl (C=O) groups excluding carboxylic acids is 1. The van der Waals surface area contributed by atoms with Gasteiger partial charge in [0.15, 0.2) is 0 Å². The maximum atomic E-state index is 13.2. The first-order chi connectivity index (χ1) is 13.7. The second-order valence-electron chi connectivity index (χ2n) is 7.01. The monoisotopic (exact) mass is 396 g/mol. The van der Waals surface area contributed by atoms with Gasteiger partial charge in [-0.2, -0.15) is 10.2 Å². The Hall–Kier alpha value is -2.78. The average molecular weight is 396 g/mol. The maximum Gasteiger partial charge on any atom is 0.257 e. The van der Waals surface area contributed by atoms with E-state index in [4.69, 9.17) is 4.42 Å². The molecule has 3 aromatic heterocycles. The van der Waals surface area contributed by atoms with Crippen molar-refractivity contribution in [3.63, 3.8) is 0 Å². The lowest BCUT2D eigenvalue weighted by Crippen LogP contribution is -2.42. The largest absolute Gasteiger partial charge is 0.463 e. The Morgan fingerprint density at radius 1 is 1.32 bits per heavy atom. The first-order valence-corrected chi connectivity index (χ1v) is 10.1. The van der Waals surface area contributed by atoms with Gasteiger partial charge in [-0.25, -0.2) is 14.7 Å². The summed E-state index contributed by atoms with van der Waals surface area (Å²) in [6.45, 7) is 4.34. The van der Waals surface area contributed by atoms with Crippen LogP contribution >= 0.6 is 11.3 Å². The normalized spacial score (nSPS) is 19.7. The molecule has 1 amide bonds. The van der Waals surface area contributed by atoms with E-state index in [0.29, 0.717) is 19.5 Å². The van der Waals surface area contributed by atoms with Gasteiger partial charge in [0.25, 0.3) is 5.91 Å². The van der Waals surface area contributed by atoms with Gasteiger partial charge in [-0.1, -0.05) is 6.07 Å². The minimum atomic E-state index is -0.0803. The Labute approximate surface area is 166 Å². The fourth-order valence-electron chi connectivity index (χ4n) is 3.74. The van der Waals surface area contributed by atoms with E-state index < -0.39 is 0 Å². The summed E-state index contributed by atoms with van der Waals surface area (Å²) in [5.74, 6) is 2.39. The fraction of sp³-hybridized carbons (Fsp3) is 0.368. The van der Waals surface area contributed by atoms with E-state index in [-0.39, 0.29) is 11.9 Å². The predicted octanol–water partition coefficient (Wildman–Crippen LogP) is 2.43. The molecule has 0 fully saturated rings. The Morgan fingerprint density at radius 2 is 2.25 bits per heavy atom. The standard InChI is InChI=1S/C19H20N6O2S/c1-13-20-18-11-23(6-7-24(18)21-13)12-19(26)25-15(17-5-3-9-28-17)10-14(22-25)16-4-2-8-27-16/h2-5,8-9,15H,6-7,10-12H2,1H3/t15-/m0/s1. The van der Waals surface area contributed by atoms with Crippen molar-refractivity contribution >= 4 is 23.0 Å². The fourth-order valence-corrected chi connectivity index (χ4v) is 4.56. The number of furan rings is 1. The molecule has 28 heavy (non-hydrogen) atoms. The predicted molar refractivity (Wildman–Crippen MR) is 104 cm³/mol. The molecule has 1 atom stereocenters. The first kappa shape index (κ1) is 17.3. The number of aryl methyl sites for hydroxylation is 1. The smallest absolute Gasteiger partial charge is 0.257 e. The summed E-state index contributed by atoms with van der Waals surface area (Å²) in [5.41, 5.74) is 0.811. The number of fused-ring (bicyclic) bond motifs is 1. The summed E-state index contributed by atoms with van der Waals surface area (Å²) in [4.78, 5) is 20.9. The van der Waals surface area contributed by atoms with Crippen molar-refractivity contribution in [3.05, 3.63) is 58.2 Å². The highest BCUT2D eigenvalue weighted by molar-refractivity contribution is 7.10. The molecule has 5 rings (SSSR count). The average Bonchev–Trinajstić information content (AvgIpc) is 3.44. The van der Waals surface area contributed by atoms with Gasteiger partial charge in [-0.05, 0) is 30.5 Å². The van der Waals surface area contributed by atoms with E-state index in [2.05, 4.69) is 26.2 Å². The number of hydrazone groups is 1. The van der Waals surface area contributed by atoms with Gasteiger partial charge in [-0.15, -0.1) is 11.3 Å². The van der Waals surface area contributed by atoms with Gasteiger partial charge in [0, 0.05) is 17.8 Å². The van der Waals surface area contributed by atoms with Crippen LogP contribution in [0.5, 0.6) is 0 Å². The molecule has 8 nitrogen and oxygen atoms in total. The van der Waals surface area contributed by atoms with E-state index >= 15 is 0 Å². The Kier molecular flexibility index (Phi) is 4.33. The van der Waals surface area contributed by atoms with E-state index in [9.17, 15) is 4.79 Å². The zero-order valence-electron chi connectivity index (χ0n) is 15.5. The molecule has 0 spiro atoms. The molecule has 0 saturated carbocycles. The number of thiophene rings is 1. The molecule has 0 N–H and O–H groups in total. The summed E-state index contributed by atoms with van der Waals surface area (Å²) in [5, 5.41) is 12.7. The molecule has 0 radical (unpaired) electrons. The molecule has 0 saturated heterocycles. The van der Waals surface area contributed by atoms with Crippen LogP contribution in [0.2, 0.25) is 0 Å². The SMILES string of the molecule is Cc1nc2n(n1)CCN(CC(=O)N1N=C(c3ccco3)C[C@H]1c1cccs1)C2. The molecule has 3 aromatic rings. The molecule has 0 bridgehead atoms. The van der Waals surface area contributed by atoms with Crippen LogP contribution < -0.4 is 0 Å². The van der Waals surface area contributed by atoms with E-state index in [1.54, 1.807) is 22.6 Å². The topological polar surface area (TPSA) is 79.8 Å². The zero-order valence-corrected chi connectivity index (χ0v) is 16.3. The second kappa shape index (κ2) is 6.99. The minimum absolute atomic E-state index is 0.00959. The number of amides is 1. The quantitative estimate of drug-likeness (QED) is 0.677. The maximum absolute atomic E-state index is 13.2. The van der Waals surface area contributed by atoms with Crippen LogP contribution in [0.15, 0.2) is 45.4 Å². The Balaban J connectivity index is 1.35. The van der Waals surface area contributed by atoms with Crippen molar-refractivity contribution in [3.8, 4) is 0 Å². The van der Waals surface area contributed by atoms with E-state index in [1.165, 1.54) is 0 Å². The van der Waals surface area contributed by atoms with Crippen LogP contribution in [0.1, 0.15) is 34.7 Å². The lowest BCUT2D eigenvalue weighted by atomic mass is 10.1. The molecule has 2 aliphatic heterocycles. The first-order valence-electron chi connectivity index (χ1n) is 9.27.